The maximum Gasteiger partial charge on any atom is 0.0375 e. The third kappa shape index (κ3) is 7.24. The van der Waals surface area contributed by atoms with Crippen LogP contribution in [0.4, 0.5) is 0 Å². The van der Waals surface area contributed by atoms with Gasteiger partial charge in [-0.2, -0.15) is 0 Å². The van der Waals surface area contributed by atoms with Gasteiger partial charge in [0.2, 0.25) is 0 Å². The van der Waals surface area contributed by atoms with Gasteiger partial charge in [-0.25, -0.2) is 0 Å². The number of hydrogen-bond donors (Lipinski definition) is 0. The van der Waals surface area contributed by atoms with Crippen molar-refractivity contribution in [2.24, 2.45) is 5.41 Å². The van der Waals surface area contributed by atoms with Crippen LogP contribution in [0.15, 0.2) is 0 Å². The summed E-state index contributed by atoms with van der Waals surface area (Å²) >= 11 is 0. The summed E-state index contributed by atoms with van der Waals surface area (Å²) in [6.45, 7) is 12.8. The second-order valence-electron chi connectivity index (χ2n) is 5.83. The lowest BCUT2D eigenvalue weighted by Crippen LogP contribution is -2.24. The lowest BCUT2D eigenvalue weighted by Gasteiger charge is -2.21. The van der Waals surface area contributed by atoms with Crippen molar-refractivity contribution >= 4 is 10.8 Å². The Kier molecular flexibility index (Phi) is 4.64. The van der Waals surface area contributed by atoms with Crippen molar-refractivity contribution in [2.75, 3.05) is 5.75 Å². The van der Waals surface area contributed by atoms with Gasteiger partial charge in [-0.3, -0.25) is 4.21 Å². The predicted molar refractivity (Wildman–Crippen MR) is 61.5 cm³/mol. The smallest absolute Gasteiger partial charge is 0.0375 e. The van der Waals surface area contributed by atoms with Crippen LogP contribution in [-0.4, -0.2) is 14.7 Å². The van der Waals surface area contributed by atoms with Gasteiger partial charge in [0.15, 0.2) is 0 Å². The van der Waals surface area contributed by atoms with E-state index < -0.39 is 10.8 Å². The van der Waals surface area contributed by atoms with Crippen LogP contribution in [0.1, 0.15) is 54.4 Å². The van der Waals surface area contributed by atoms with E-state index in [0.717, 1.165) is 18.6 Å². The predicted octanol–water partition coefficient (Wildman–Crippen LogP) is 3.36. The second-order valence-corrected chi connectivity index (χ2v) is 8.15. The average Bonchev–Trinajstić information content (AvgIpc) is 1.82. The lowest BCUT2D eigenvalue weighted by atomic mass is 9.91. The van der Waals surface area contributed by atoms with Crippen LogP contribution in [0.3, 0.4) is 0 Å². The van der Waals surface area contributed by atoms with Crippen LogP contribution in [0, 0.1) is 5.41 Å². The van der Waals surface area contributed by atoms with Gasteiger partial charge < -0.3 is 0 Å². The summed E-state index contributed by atoms with van der Waals surface area (Å²) in [6, 6.07) is 0. The molecule has 0 aliphatic heterocycles. The molecule has 0 fully saturated rings. The maximum atomic E-state index is 11.7. The molecule has 1 atom stereocenters. The first kappa shape index (κ1) is 13.2. The molecule has 0 N–H and O–H groups in total. The highest BCUT2D eigenvalue weighted by Gasteiger charge is 2.19. The number of hydrogen-bond acceptors (Lipinski definition) is 1. The fourth-order valence-corrected chi connectivity index (χ4v) is 2.06. The zero-order valence-corrected chi connectivity index (χ0v) is 10.8. The van der Waals surface area contributed by atoms with E-state index >= 15 is 0 Å². The van der Waals surface area contributed by atoms with Crippen LogP contribution in [-0.2, 0) is 10.8 Å². The summed E-state index contributed by atoms with van der Waals surface area (Å²) in [5, 5.41) is 0. The highest BCUT2D eigenvalue weighted by Crippen LogP contribution is 2.22. The third-order valence-corrected chi connectivity index (χ3v) is 3.97. The summed E-state index contributed by atoms with van der Waals surface area (Å²) in [5.41, 5.74) is 0.377. The van der Waals surface area contributed by atoms with Crippen LogP contribution in [0.5, 0.6) is 0 Å². The molecule has 0 heterocycles. The topological polar surface area (TPSA) is 17.1 Å². The van der Waals surface area contributed by atoms with Crippen molar-refractivity contribution in [1.82, 2.24) is 0 Å². The molecule has 0 aliphatic carbocycles. The van der Waals surface area contributed by atoms with Gasteiger partial charge in [-0.05, 0) is 39.0 Å². The standard InChI is InChI=1S/C11H24OS/c1-10(2,3)8-7-9-13(12)11(4,5)6/h7-9H2,1-6H3. The molecule has 0 aromatic heterocycles. The van der Waals surface area contributed by atoms with Crippen molar-refractivity contribution in [2.45, 2.75) is 59.1 Å². The van der Waals surface area contributed by atoms with Crippen molar-refractivity contribution < 1.29 is 4.21 Å². The maximum absolute atomic E-state index is 11.7. The Morgan fingerprint density at radius 3 is 1.77 bits per heavy atom. The van der Waals surface area contributed by atoms with E-state index in [9.17, 15) is 4.21 Å². The number of rotatable bonds is 3. The van der Waals surface area contributed by atoms with Crippen molar-refractivity contribution in [3.8, 4) is 0 Å². The van der Waals surface area contributed by atoms with Crippen LogP contribution >= 0.6 is 0 Å². The van der Waals surface area contributed by atoms with E-state index in [1.807, 2.05) is 20.8 Å². The van der Waals surface area contributed by atoms with Gasteiger partial charge in [0.1, 0.15) is 0 Å². The van der Waals surface area contributed by atoms with Gasteiger partial charge in [-0.15, -0.1) is 0 Å². The Balaban J connectivity index is 3.74. The van der Waals surface area contributed by atoms with Gasteiger partial charge >= 0.3 is 0 Å². The lowest BCUT2D eigenvalue weighted by molar-refractivity contribution is 0.374. The molecule has 0 bridgehead atoms. The average molecular weight is 204 g/mol. The summed E-state index contributed by atoms with van der Waals surface area (Å²) in [4.78, 5) is 0. The second kappa shape index (κ2) is 4.59. The molecular weight excluding hydrogens is 180 g/mol. The molecule has 0 aromatic carbocycles. The molecule has 2 heteroatoms. The first-order chi connectivity index (χ1) is 5.63. The van der Waals surface area contributed by atoms with E-state index in [1.54, 1.807) is 0 Å². The molecular formula is C11H24OS. The minimum Gasteiger partial charge on any atom is -0.259 e. The van der Waals surface area contributed by atoms with Crippen molar-refractivity contribution in [1.29, 1.82) is 0 Å². The monoisotopic (exact) mass is 204 g/mol. The molecule has 0 saturated carbocycles. The van der Waals surface area contributed by atoms with E-state index in [-0.39, 0.29) is 4.75 Å². The minimum absolute atomic E-state index is 0.0438. The quantitative estimate of drug-likeness (QED) is 0.689. The molecule has 0 aliphatic rings. The largest absolute Gasteiger partial charge is 0.259 e. The van der Waals surface area contributed by atoms with E-state index in [2.05, 4.69) is 20.8 Å². The highest BCUT2D eigenvalue weighted by molar-refractivity contribution is 7.86. The molecule has 1 unspecified atom stereocenters. The molecule has 0 aromatic rings. The van der Waals surface area contributed by atoms with Gasteiger partial charge in [0, 0.05) is 21.3 Å². The Hall–Kier alpha value is 0.150. The third-order valence-electron chi connectivity index (χ3n) is 1.94. The minimum atomic E-state index is -0.672. The highest BCUT2D eigenvalue weighted by atomic mass is 32.2. The van der Waals surface area contributed by atoms with Crippen molar-refractivity contribution in [3.05, 3.63) is 0 Å². The normalized spacial score (nSPS) is 15.8. The zero-order chi connectivity index (χ0) is 10.7. The van der Waals surface area contributed by atoms with Crippen LogP contribution < -0.4 is 0 Å². The van der Waals surface area contributed by atoms with Gasteiger partial charge in [0.05, 0.1) is 0 Å². The molecule has 0 saturated heterocycles. The Morgan fingerprint density at radius 2 is 1.46 bits per heavy atom. The fraction of sp³-hybridized carbons (Fsp3) is 1.00. The molecule has 13 heavy (non-hydrogen) atoms. The van der Waals surface area contributed by atoms with Gasteiger partial charge in [-0.1, -0.05) is 20.8 Å². The van der Waals surface area contributed by atoms with Crippen LogP contribution in [0.2, 0.25) is 0 Å². The van der Waals surface area contributed by atoms with E-state index in [4.69, 9.17) is 0 Å². The van der Waals surface area contributed by atoms with E-state index in [1.165, 1.54) is 0 Å². The van der Waals surface area contributed by atoms with Crippen molar-refractivity contribution in [3.63, 3.8) is 0 Å². The zero-order valence-electron chi connectivity index (χ0n) is 9.94. The molecule has 0 amide bonds. The molecule has 1 nitrogen and oxygen atoms in total. The SMILES string of the molecule is CC(C)(C)CCCS(=O)C(C)(C)C. The molecule has 0 radical (unpaired) electrons. The molecule has 0 spiro atoms. The Morgan fingerprint density at radius 1 is 1.00 bits per heavy atom. The summed E-state index contributed by atoms with van der Waals surface area (Å²) in [5.74, 6) is 0.848. The molecule has 0 rings (SSSR count). The van der Waals surface area contributed by atoms with E-state index in [0.29, 0.717) is 5.41 Å². The Bertz CT molecular complexity index is 172. The van der Waals surface area contributed by atoms with Crippen LogP contribution in [0.25, 0.3) is 0 Å². The summed E-state index contributed by atoms with van der Waals surface area (Å²) in [6.07, 6.45) is 2.24. The van der Waals surface area contributed by atoms with Gasteiger partial charge in [0.25, 0.3) is 0 Å². The summed E-state index contributed by atoms with van der Waals surface area (Å²) in [7, 11) is -0.672. The first-order valence-corrected chi connectivity index (χ1v) is 6.33. The Labute approximate surface area is 85.8 Å². The molecule has 80 valence electrons. The fourth-order valence-electron chi connectivity index (χ4n) is 1.04. The first-order valence-electron chi connectivity index (χ1n) is 5.01. The summed E-state index contributed by atoms with van der Waals surface area (Å²) < 4.78 is 11.6.